The van der Waals surface area contributed by atoms with E-state index in [1.807, 2.05) is 6.07 Å². The van der Waals surface area contributed by atoms with Crippen LogP contribution in [0.5, 0.6) is 0 Å². The Morgan fingerprint density at radius 2 is 1.95 bits per heavy atom. The molecule has 1 saturated heterocycles. The smallest absolute Gasteiger partial charge is 0.253 e. The molecule has 0 atom stereocenters. The third kappa shape index (κ3) is 2.30. The van der Waals surface area contributed by atoms with Gasteiger partial charge < -0.3 is 5.32 Å². The Kier molecular flexibility index (Phi) is 3.66. The highest BCUT2D eigenvalue weighted by atomic mass is 127. The maximum atomic E-state index is 12.8. The standard InChI is InChI=1S/C14H14ClIN2O2/c15-9-3-4-11(10(16)7-9)18-8-12(19)17-14(13(18)20)5-1-2-6-14/h3-4,7H,1-2,5-6,8H2,(H,17,19). The van der Waals surface area contributed by atoms with Crippen molar-refractivity contribution in [2.75, 3.05) is 11.4 Å². The fraction of sp³-hybridized carbons (Fsp3) is 0.429. The molecule has 4 nitrogen and oxygen atoms in total. The van der Waals surface area contributed by atoms with E-state index in [4.69, 9.17) is 11.6 Å². The van der Waals surface area contributed by atoms with Gasteiger partial charge in [0.1, 0.15) is 12.1 Å². The Bertz CT molecular complexity index is 585. The molecule has 1 aliphatic carbocycles. The quantitative estimate of drug-likeness (QED) is 0.732. The number of hydrogen-bond acceptors (Lipinski definition) is 2. The van der Waals surface area contributed by atoms with Crippen molar-refractivity contribution in [2.24, 2.45) is 0 Å². The molecule has 1 heterocycles. The predicted molar refractivity (Wildman–Crippen MR) is 85.9 cm³/mol. The molecule has 2 fully saturated rings. The van der Waals surface area contributed by atoms with Crippen LogP contribution >= 0.6 is 34.2 Å². The molecule has 1 aromatic rings. The van der Waals surface area contributed by atoms with E-state index in [9.17, 15) is 9.59 Å². The minimum Gasteiger partial charge on any atom is -0.340 e. The third-order valence-corrected chi connectivity index (χ3v) is 5.09. The maximum absolute atomic E-state index is 12.8. The number of carbonyl (C=O) groups is 2. The number of piperazine rings is 1. The van der Waals surface area contributed by atoms with Crippen molar-refractivity contribution in [3.63, 3.8) is 0 Å². The first kappa shape index (κ1) is 14.1. The SMILES string of the molecule is O=C1CN(c2ccc(Cl)cc2I)C(=O)C2(CCCC2)N1. The number of anilines is 1. The third-order valence-electron chi connectivity index (χ3n) is 3.99. The highest BCUT2D eigenvalue weighted by molar-refractivity contribution is 14.1. The molecule has 1 saturated carbocycles. The van der Waals surface area contributed by atoms with Crippen molar-refractivity contribution in [1.29, 1.82) is 0 Å². The molecule has 1 aliphatic heterocycles. The normalized spacial score (nSPS) is 21.4. The second-order valence-electron chi connectivity index (χ2n) is 5.32. The Hall–Kier alpha value is -0.820. The summed E-state index contributed by atoms with van der Waals surface area (Å²) in [5.74, 6) is -0.0768. The van der Waals surface area contributed by atoms with Gasteiger partial charge in [0, 0.05) is 8.59 Å². The highest BCUT2D eigenvalue weighted by Crippen LogP contribution is 2.36. The van der Waals surface area contributed by atoms with E-state index < -0.39 is 5.54 Å². The molecule has 3 rings (SSSR count). The van der Waals surface area contributed by atoms with E-state index in [1.165, 1.54) is 0 Å². The van der Waals surface area contributed by atoms with E-state index >= 15 is 0 Å². The predicted octanol–water partition coefficient (Wildman–Crippen LogP) is 2.72. The lowest BCUT2D eigenvalue weighted by Crippen LogP contribution is -2.65. The molecule has 2 amide bonds. The summed E-state index contributed by atoms with van der Waals surface area (Å²) in [7, 11) is 0. The molecule has 0 radical (unpaired) electrons. The summed E-state index contributed by atoms with van der Waals surface area (Å²) in [6, 6.07) is 5.36. The Balaban J connectivity index is 1.99. The Labute approximate surface area is 136 Å². The summed E-state index contributed by atoms with van der Waals surface area (Å²) in [6.45, 7) is 0.0816. The summed E-state index contributed by atoms with van der Waals surface area (Å²) in [5, 5.41) is 3.54. The van der Waals surface area contributed by atoms with E-state index in [0.717, 1.165) is 34.9 Å². The fourth-order valence-corrected chi connectivity index (χ4v) is 4.21. The van der Waals surface area contributed by atoms with E-state index in [1.54, 1.807) is 17.0 Å². The van der Waals surface area contributed by atoms with Crippen LogP contribution in [0.2, 0.25) is 5.02 Å². The number of rotatable bonds is 1. The lowest BCUT2D eigenvalue weighted by molar-refractivity contribution is -0.135. The van der Waals surface area contributed by atoms with Gasteiger partial charge in [-0.15, -0.1) is 0 Å². The van der Waals surface area contributed by atoms with Gasteiger partial charge in [-0.05, 0) is 53.6 Å². The van der Waals surface area contributed by atoms with E-state index in [2.05, 4.69) is 27.9 Å². The summed E-state index contributed by atoms with van der Waals surface area (Å²) in [5.41, 5.74) is 0.0824. The first-order valence-corrected chi connectivity index (χ1v) is 8.06. The summed E-state index contributed by atoms with van der Waals surface area (Å²) in [6.07, 6.45) is 3.44. The average molecular weight is 405 g/mol. The number of halogens is 2. The van der Waals surface area contributed by atoms with Crippen LogP contribution in [0.1, 0.15) is 25.7 Å². The summed E-state index contributed by atoms with van der Waals surface area (Å²) < 4.78 is 0.881. The van der Waals surface area contributed by atoms with Crippen molar-refractivity contribution in [3.8, 4) is 0 Å². The molecule has 106 valence electrons. The molecular formula is C14H14ClIN2O2. The van der Waals surface area contributed by atoms with Crippen LogP contribution in [0.25, 0.3) is 0 Å². The second-order valence-corrected chi connectivity index (χ2v) is 6.92. The van der Waals surface area contributed by atoms with E-state index in [0.29, 0.717) is 5.02 Å². The van der Waals surface area contributed by atoms with Crippen LogP contribution in [0.3, 0.4) is 0 Å². The minimum atomic E-state index is -0.682. The number of nitrogens with zero attached hydrogens (tertiary/aromatic N) is 1. The van der Waals surface area contributed by atoms with Gasteiger partial charge in [-0.3, -0.25) is 14.5 Å². The minimum absolute atomic E-state index is 0.00911. The van der Waals surface area contributed by atoms with Gasteiger partial charge in [-0.2, -0.15) is 0 Å². The first-order valence-electron chi connectivity index (χ1n) is 6.60. The van der Waals surface area contributed by atoms with E-state index in [-0.39, 0.29) is 18.4 Å². The molecular weight excluding hydrogens is 391 g/mol. The van der Waals surface area contributed by atoms with Crippen molar-refractivity contribution in [2.45, 2.75) is 31.2 Å². The van der Waals surface area contributed by atoms with Crippen molar-refractivity contribution in [3.05, 3.63) is 26.8 Å². The lowest BCUT2D eigenvalue weighted by Gasteiger charge is -2.40. The van der Waals surface area contributed by atoms with Gasteiger partial charge >= 0.3 is 0 Å². The van der Waals surface area contributed by atoms with Crippen molar-refractivity contribution >= 4 is 51.7 Å². The molecule has 0 aromatic heterocycles. The molecule has 1 N–H and O–H groups in total. The lowest BCUT2D eigenvalue weighted by atomic mass is 9.92. The Morgan fingerprint density at radius 1 is 1.25 bits per heavy atom. The number of carbonyl (C=O) groups excluding carboxylic acids is 2. The Morgan fingerprint density at radius 3 is 2.60 bits per heavy atom. The topological polar surface area (TPSA) is 49.4 Å². The van der Waals surface area contributed by atoms with Crippen LogP contribution in [-0.4, -0.2) is 23.9 Å². The zero-order chi connectivity index (χ0) is 14.3. The van der Waals surface area contributed by atoms with Crippen molar-refractivity contribution in [1.82, 2.24) is 5.32 Å². The van der Waals surface area contributed by atoms with Gasteiger partial charge in [0.2, 0.25) is 5.91 Å². The first-order chi connectivity index (χ1) is 9.52. The zero-order valence-electron chi connectivity index (χ0n) is 10.8. The summed E-state index contributed by atoms with van der Waals surface area (Å²) in [4.78, 5) is 26.4. The number of nitrogens with one attached hydrogen (secondary N) is 1. The maximum Gasteiger partial charge on any atom is 0.253 e. The number of hydrogen-bond donors (Lipinski definition) is 1. The molecule has 20 heavy (non-hydrogen) atoms. The molecule has 1 aromatic carbocycles. The number of benzene rings is 1. The monoisotopic (exact) mass is 404 g/mol. The zero-order valence-corrected chi connectivity index (χ0v) is 13.7. The molecule has 1 spiro atoms. The van der Waals surface area contributed by atoms with Gasteiger partial charge in [-0.25, -0.2) is 0 Å². The van der Waals surface area contributed by atoms with Crippen LogP contribution < -0.4 is 10.2 Å². The van der Waals surface area contributed by atoms with Crippen LogP contribution in [-0.2, 0) is 9.59 Å². The second kappa shape index (κ2) is 5.18. The average Bonchev–Trinajstić information content (AvgIpc) is 2.84. The van der Waals surface area contributed by atoms with Gasteiger partial charge in [0.25, 0.3) is 5.91 Å². The number of amides is 2. The summed E-state index contributed by atoms with van der Waals surface area (Å²) >= 11 is 8.10. The van der Waals surface area contributed by atoms with Crippen molar-refractivity contribution < 1.29 is 9.59 Å². The van der Waals surface area contributed by atoms with Crippen LogP contribution in [0.4, 0.5) is 5.69 Å². The largest absolute Gasteiger partial charge is 0.340 e. The van der Waals surface area contributed by atoms with Crippen LogP contribution in [0, 0.1) is 3.57 Å². The van der Waals surface area contributed by atoms with Gasteiger partial charge in [-0.1, -0.05) is 24.4 Å². The van der Waals surface area contributed by atoms with Gasteiger partial charge in [0.15, 0.2) is 0 Å². The van der Waals surface area contributed by atoms with Crippen LogP contribution in [0.15, 0.2) is 18.2 Å². The fourth-order valence-electron chi connectivity index (χ4n) is 3.05. The molecule has 0 bridgehead atoms. The molecule has 2 aliphatic rings. The molecule has 6 heteroatoms. The van der Waals surface area contributed by atoms with Gasteiger partial charge in [0.05, 0.1) is 5.69 Å². The highest BCUT2D eigenvalue weighted by Gasteiger charge is 2.48. The molecule has 0 unspecified atom stereocenters.